The van der Waals surface area contributed by atoms with Gasteiger partial charge in [0.05, 0.1) is 6.10 Å². The van der Waals surface area contributed by atoms with Gasteiger partial charge in [0, 0.05) is 24.8 Å². The van der Waals surface area contributed by atoms with Gasteiger partial charge in [-0.25, -0.2) is 4.98 Å². The summed E-state index contributed by atoms with van der Waals surface area (Å²) in [6.45, 7) is 9.09. The fraction of sp³-hybridized carbons (Fsp3) is 0.667. The van der Waals surface area contributed by atoms with Crippen LogP contribution in [0.2, 0.25) is 0 Å². The Labute approximate surface area is 154 Å². The molecule has 1 unspecified atom stereocenters. The lowest BCUT2D eigenvalue weighted by Gasteiger charge is -2.34. The van der Waals surface area contributed by atoms with Gasteiger partial charge in [0.15, 0.2) is 5.82 Å². The quantitative estimate of drug-likeness (QED) is 0.847. The number of tetrazole rings is 1. The maximum Gasteiger partial charge on any atom is 0.156 e. The number of aromatic nitrogens is 5. The first-order valence-corrected chi connectivity index (χ1v) is 9.55. The van der Waals surface area contributed by atoms with E-state index in [1.807, 2.05) is 26.0 Å². The molecule has 1 spiro atoms. The number of aliphatic hydroxyl groups excluding tert-OH is 1. The molecule has 8 heteroatoms. The number of pyridine rings is 1. The van der Waals surface area contributed by atoms with Crippen molar-refractivity contribution in [3.8, 4) is 5.82 Å². The van der Waals surface area contributed by atoms with Crippen molar-refractivity contribution in [2.24, 2.45) is 5.41 Å². The molecule has 8 nitrogen and oxygen atoms in total. The van der Waals surface area contributed by atoms with Gasteiger partial charge in [-0.3, -0.25) is 4.90 Å². The third kappa shape index (κ3) is 4.25. The van der Waals surface area contributed by atoms with Crippen molar-refractivity contribution in [3.05, 3.63) is 30.2 Å². The minimum absolute atomic E-state index is 0.465. The number of piperidine rings is 1. The Morgan fingerprint density at radius 3 is 2.69 bits per heavy atom. The molecule has 26 heavy (non-hydrogen) atoms. The van der Waals surface area contributed by atoms with Gasteiger partial charge in [-0.2, -0.15) is 4.68 Å². The van der Waals surface area contributed by atoms with Crippen LogP contribution in [-0.4, -0.2) is 67.9 Å². The van der Waals surface area contributed by atoms with Gasteiger partial charge < -0.3 is 10.4 Å². The molecule has 2 N–H and O–H groups in total. The lowest BCUT2D eigenvalue weighted by atomic mass is 9.78. The Morgan fingerprint density at radius 2 is 2.04 bits per heavy atom. The van der Waals surface area contributed by atoms with E-state index in [4.69, 9.17) is 0 Å². The Hall–Kier alpha value is -1.90. The van der Waals surface area contributed by atoms with E-state index in [2.05, 4.69) is 30.7 Å². The molecule has 2 aliphatic rings. The van der Waals surface area contributed by atoms with Crippen LogP contribution in [0.1, 0.15) is 44.8 Å². The molecule has 0 amide bonds. The predicted molar refractivity (Wildman–Crippen MR) is 98.9 cm³/mol. The van der Waals surface area contributed by atoms with Crippen molar-refractivity contribution in [2.75, 3.05) is 32.7 Å². The number of hydrogen-bond acceptors (Lipinski definition) is 7. The van der Waals surface area contributed by atoms with Crippen LogP contribution in [0, 0.1) is 5.41 Å². The zero-order valence-electron chi connectivity index (χ0n) is 15.7. The Morgan fingerprint density at radius 1 is 1.23 bits per heavy atom. The highest BCUT2D eigenvalue weighted by molar-refractivity contribution is 5.25. The third-order valence-corrected chi connectivity index (χ3v) is 5.35. The second kappa shape index (κ2) is 8.66. The molecular weight excluding hydrogens is 330 g/mol. The second-order valence-corrected chi connectivity index (χ2v) is 6.96. The molecule has 2 aliphatic heterocycles. The molecule has 142 valence electrons. The average molecular weight is 359 g/mol. The fourth-order valence-corrected chi connectivity index (χ4v) is 3.90. The van der Waals surface area contributed by atoms with Crippen LogP contribution in [-0.2, 0) is 0 Å². The van der Waals surface area contributed by atoms with E-state index in [0.717, 1.165) is 31.7 Å². The molecular formula is C18H29N7O. The first-order chi connectivity index (χ1) is 12.7. The summed E-state index contributed by atoms with van der Waals surface area (Å²) >= 11 is 0. The van der Waals surface area contributed by atoms with Crippen molar-refractivity contribution in [1.29, 1.82) is 0 Å². The average Bonchev–Trinajstić information content (AvgIpc) is 3.35. The van der Waals surface area contributed by atoms with E-state index in [0.29, 0.717) is 17.8 Å². The van der Waals surface area contributed by atoms with Crippen molar-refractivity contribution in [1.82, 2.24) is 35.4 Å². The third-order valence-electron chi connectivity index (χ3n) is 5.35. The summed E-state index contributed by atoms with van der Waals surface area (Å²) in [4.78, 5) is 6.73. The lowest BCUT2D eigenvalue weighted by molar-refractivity contribution is 0.112. The van der Waals surface area contributed by atoms with Crippen LogP contribution in [0.4, 0.5) is 0 Å². The van der Waals surface area contributed by atoms with Gasteiger partial charge in [0.2, 0.25) is 0 Å². The van der Waals surface area contributed by atoms with Gasteiger partial charge in [-0.15, -0.1) is 5.10 Å². The van der Waals surface area contributed by atoms with E-state index in [1.54, 1.807) is 6.20 Å². The number of nitrogens with zero attached hydrogens (tertiary/aromatic N) is 6. The molecule has 2 fully saturated rings. The highest BCUT2D eigenvalue weighted by atomic mass is 16.3. The summed E-state index contributed by atoms with van der Waals surface area (Å²) in [5.41, 5.74) is 1.30. The molecule has 2 saturated heterocycles. The van der Waals surface area contributed by atoms with Crippen molar-refractivity contribution < 1.29 is 5.11 Å². The van der Waals surface area contributed by atoms with E-state index < -0.39 is 6.10 Å². The number of hydrogen-bond donors (Lipinski definition) is 2. The largest absolute Gasteiger partial charge is 0.387 e. The maximum atomic E-state index is 10.5. The fourth-order valence-electron chi connectivity index (χ4n) is 3.90. The molecule has 1 atom stereocenters. The Kier molecular flexibility index (Phi) is 6.29. The van der Waals surface area contributed by atoms with Crippen molar-refractivity contribution >= 4 is 0 Å². The molecule has 0 radical (unpaired) electrons. The Bertz CT molecular complexity index is 653. The van der Waals surface area contributed by atoms with Crippen LogP contribution in [0.15, 0.2) is 24.7 Å². The lowest BCUT2D eigenvalue weighted by Crippen LogP contribution is -2.39. The summed E-state index contributed by atoms with van der Waals surface area (Å²) < 4.78 is 1.50. The molecule has 0 aliphatic carbocycles. The Balaban J connectivity index is 0.000000948. The monoisotopic (exact) mass is 359 g/mol. The first-order valence-electron chi connectivity index (χ1n) is 9.55. The van der Waals surface area contributed by atoms with Crippen LogP contribution >= 0.6 is 0 Å². The summed E-state index contributed by atoms with van der Waals surface area (Å²) in [6, 6.07) is 3.72. The number of likely N-dealkylation sites (tertiary alicyclic amines) is 1. The van der Waals surface area contributed by atoms with E-state index in [-0.39, 0.29) is 0 Å². The molecule has 4 heterocycles. The van der Waals surface area contributed by atoms with Crippen LogP contribution in [0.5, 0.6) is 0 Å². The highest BCUT2D eigenvalue weighted by Gasteiger charge is 2.39. The second-order valence-electron chi connectivity index (χ2n) is 6.96. The zero-order chi connectivity index (χ0) is 18.4. The van der Waals surface area contributed by atoms with E-state index >= 15 is 0 Å². The summed E-state index contributed by atoms with van der Waals surface area (Å²) in [5.74, 6) is 0.644. The van der Waals surface area contributed by atoms with Crippen LogP contribution in [0.25, 0.3) is 5.82 Å². The molecule has 0 aromatic carbocycles. The topological polar surface area (TPSA) is 92.0 Å². The molecule has 0 bridgehead atoms. The van der Waals surface area contributed by atoms with Crippen LogP contribution in [0.3, 0.4) is 0 Å². The highest BCUT2D eigenvalue weighted by Crippen LogP contribution is 2.39. The van der Waals surface area contributed by atoms with Gasteiger partial charge in [-0.1, -0.05) is 19.9 Å². The van der Waals surface area contributed by atoms with Gasteiger partial charge in [0.25, 0.3) is 0 Å². The SMILES string of the molecule is CC.OC(CN1CCC2(CCNCC2)C1)c1ccc(-n2cnnn2)nc1. The van der Waals surface area contributed by atoms with Gasteiger partial charge in [-0.05, 0) is 60.8 Å². The number of rotatable bonds is 4. The molecule has 4 rings (SSSR count). The predicted octanol–water partition coefficient (Wildman–Crippen LogP) is 1.19. The summed E-state index contributed by atoms with van der Waals surface area (Å²) in [5, 5.41) is 25.0. The number of nitrogens with one attached hydrogen (secondary N) is 1. The molecule has 2 aromatic rings. The first kappa shape index (κ1) is 18.9. The summed E-state index contributed by atoms with van der Waals surface area (Å²) in [7, 11) is 0. The van der Waals surface area contributed by atoms with E-state index in [1.165, 1.54) is 30.3 Å². The molecule has 2 aromatic heterocycles. The molecule has 0 saturated carbocycles. The van der Waals surface area contributed by atoms with Gasteiger partial charge >= 0.3 is 0 Å². The maximum absolute atomic E-state index is 10.5. The smallest absolute Gasteiger partial charge is 0.156 e. The number of β-amino-alcohol motifs (C(OH)–C–C–N with tert-alkyl or cyclic N) is 1. The van der Waals surface area contributed by atoms with Gasteiger partial charge in [0.1, 0.15) is 6.33 Å². The van der Waals surface area contributed by atoms with E-state index in [9.17, 15) is 5.11 Å². The van der Waals surface area contributed by atoms with Crippen molar-refractivity contribution in [2.45, 2.75) is 39.2 Å². The number of aliphatic hydroxyl groups is 1. The van der Waals surface area contributed by atoms with Crippen LogP contribution < -0.4 is 5.32 Å². The summed E-state index contributed by atoms with van der Waals surface area (Å²) in [6.07, 6.45) is 6.44. The minimum atomic E-state index is -0.516. The standard InChI is InChI=1S/C16H23N7O.C2H6/c24-14(10-22-8-5-16(11-22)3-6-17-7-4-16)13-1-2-15(18-9-13)23-12-19-20-21-23;1-2/h1-2,9,12,14,17,24H,3-8,10-11H2;1-2H3. The normalized spacial score (nSPS) is 20.6. The van der Waals surface area contributed by atoms with Crippen molar-refractivity contribution in [3.63, 3.8) is 0 Å². The zero-order valence-corrected chi connectivity index (χ0v) is 15.7. The minimum Gasteiger partial charge on any atom is -0.387 e.